The Morgan fingerprint density at radius 2 is 2.30 bits per heavy atom. The molecule has 1 aliphatic rings. The van der Waals surface area contributed by atoms with Crippen molar-refractivity contribution in [2.75, 3.05) is 5.32 Å². The minimum Gasteiger partial charge on any atom is -0.376 e. The number of nitrogens with one attached hydrogen (secondary N) is 1. The molecule has 1 fully saturated rings. The third kappa shape index (κ3) is 2.31. The van der Waals surface area contributed by atoms with Crippen LogP contribution in [-0.2, 0) is 0 Å². The number of nitro benzene ring substituents is 1. The molecule has 5 nitrogen and oxygen atoms in total. The van der Waals surface area contributed by atoms with E-state index in [0.29, 0.717) is 28.6 Å². The van der Waals surface area contributed by atoms with Crippen LogP contribution in [0.1, 0.15) is 26.2 Å². The van der Waals surface area contributed by atoms with Gasteiger partial charge in [-0.15, -0.1) is 0 Å². The monoisotopic (exact) mass is 271 g/mol. The second-order valence-electron chi connectivity index (χ2n) is 5.32. The Labute approximate surface area is 117 Å². The van der Waals surface area contributed by atoms with E-state index in [0.717, 1.165) is 12.8 Å². The molecule has 0 spiro atoms. The molecule has 0 amide bonds. The Bertz CT molecular complexity index is 657. The van der Waals surface area contributed by atoms with Crippen molar-refractivity contribution in [3.8, 4) is 0 Å². The Morgan fingerprint density at radius 3 is 3.05 bits per heavy atom. The second-order valence-corrected chi connectivity index (χ2v) is 5.32. The zero-order valence-electron chi connectivity index (χ0n) is 11.4. The molecule has 5 heteroatoms. The summed E-state index contributed by atoms with van der Waals surface area (Å²) >= 11 is 0. The van der Waals surface area contributed by atoms with Crippen molar-refractivity contribution < 1.29 is 4.92 Å². The van der Waals surface area contributed by atoms with Gasteiger partial charge >= 0.3 is 5.69 Å². The SMILES string of the molecule is CCCC1CC1Nc1ccc2ncccc2c1[N+](=O)[O-]. The lowest BCUT2D eigenvalue weighted by Crippen LogP contribution is -2.07. The summed E-state index contributed by atoms with van der Waals surface area (Å²) < 4.78 is 0. The van der Waals surface area contributed by atoms with E-state index in [1.807, 2.05) is 6.07 Å². The lowest BCUT2D eigenvalue weighted by molar-refractivity contribution is -0.382. The molecule has 2 unspecified atom stereocenters. The molecule has 0 radical (unpaired) electrons. The predicted molar refractivity (Wildman–Crippen MR) is 78.8 cm³/mol. The summed E-state index contributed by atoms with van der Waals surface area (Å²) in [4.78, 5) is 15.2. The van der Waals surface area contributed by atoms with Crippen LogP contribution >= 0.6 is 0 Å². The highest BCUT2D eigenvalue weighted by Crippen LogP contribution is 2.40. The van der Waals surface area contributed by atoms with E-state index >= 15 is 0 Å². The van der Waals surface area contributed by atoms with E-state index in [1.165, 1.54) is 6.42 Å². The summed E-state index contributed by atoms with van der Waals surface area (Å²) in [7, 11) is 0. The first-order valence-electron chi connectivity index (χ1n) is 6.99. The number of anilines is 1. The molecule has 0 bridgehead atoms. The fourth-order valence-electron chi connectivity index (χ4n) is 2.76. The van der Waals surface area contributed by atoms with Gasteiger partial charge in [0.2, 0.25) is 0 Å². The van der Waals surface area contributed by atoms with Gasteiger partial charge in [0.25, 0.3) is 0 Å². The van der Waals surface area contributed by atoms with Crippen molar-refractivity contribution >= 4 is 22.3 Å². The van der Waals surface area contributed by atoms with E-state index in [9.17, 15) is 10.1 Å². The fraction of sp³-hybridized carbons (Fsp3) is 0.400. The van der Waals surface area contributed by atoms with Crippen LogP contribution in [0, 0.1) is 16.0 Å². The van der Waals surface area contributed by atoms with Crippen LogP contribution in [0.4, 0.5) is 11.4 Å². The average Bonchev–Trinajstić information content (AvgIpc) is 3.16. The summed E-state index contributed by atoms with van der Waals surface area (Å²) in [6.07, 6.45) is 5.10. The average molecular weight is 271 g/mol. The Morgan fingerprint density at radius 1 is 1.45 bits per heavy atom. The summed E-state index contributed by atoms with van der Waals surface area (Å²) in [6.45, 7) is 2.17. The molecule has 20 heavy (non-hydrogen) atoms. The van der Waals surface area contributed by atoms with Crippen LogP contribution in [0.2, 0.25) is 0 Å². The Kier molecular flexibility index (Phi) is 3.26. The summed E-state index contributed by atoms with van der Waals surface area (Å²) in [5.41, 5.74) is 1.41. The van der Waals surface area contributed by atoms with Gasteiger partial charge in [0, 0.05) is 12.2 Å². The smallest absolute Gasteiger partial charge is 0.301 e. The largest absolute Gasteiger partial charge is 0.376 e. The predicted octanol–water partition coefficient (Wildman–Crippen LogP) is 3.74. The number of nitrogens with zero attached hydrogens (tertiary/aromatic N) is 2. The third-order valence-electron chi connectivity index (χ3n) is 3.86. The summed E-state index contributed by atoms with van der Waals surface area (Å²) in [6, 6.07) is 7.47. The topological polar surface area (TPSA) is 68.1 Å². The molecular formula is C15H17N3O2. The van der Waals surface area contributed by atoms with E-state index < -0.39 is 0 Å². The van der Waals surface area contributed by atoms with Gasteiger partial charge in [-0.3, -0.25) is 15.1 Å². The second kappa shape index (κ2) is 5.07. The lowest BCUT2D eigenvalue weighted by Gasteiger charge is -2.08. The van der Waals surface area contributed by atoms with E-state index in [-0.39, 0.29) is 10.6 Å². The number of nitro groups is 1. The summed E-state index contributed by atoms with van der Waals surface area (Å²) in [5.74, 6) is 0.657. The molecular weight excluding hydrogens is 254 g/mol. The highest BCUT2D eigenvalue weighted by atomic mass is 16.6. The fourth-order valence-corrected chi connectivity index (χ4v) is 2.76. The molecule has 104 valence electrons. The number of fused-ring (bicyclic) bond motifs is 1. The van der Waals surface area contributed by atoms with Gasteiger partial charge in [-0.1, -0.05) is 13.3 Å². The van der Waals surface area contributed by atoms with Crippen LogP contribution in [0.25, 0.3) is 10.9 Å². The number of hydrogen-bond acceptors (Lipinski definition) is 4. The van der Waals surface area contributed by atoms with Crippen molar-refractivity contribution in [1.29, 1.82) is 0 Å². The highest BCUT2D eigenvalue weighted by molar-refractivity contribution is 5.94. The van der Waals surface area contributed by atoms with E-state index in [2.05, 4.69) is 17.2 Å². The number of aromatic nitrogens is 1. The molecule has 1 aliphatic carbocycles. The molecule has 1 saturated carbocycles. The van der Waals surface area contributed by atoms with E-state index in [4.69, 9.17) is 0 Å². The minimum atomic E-state index is -0.316. The minimum absolute atomic E-state index is 0.137. The Balaban J connectivity index is 1.94. The van der Waals surface area contributed by atoms with Crippen molar-refractivity contribution in [2.45, 2.75) is 32.2 Å². The molecule has 2 aromatic rings. The molecule has 0 saturated heterocycles. The van der Waals surface area contributed by atoms with Crippen LogP contribution in [0.3, 0.4) is 0 Å². The highest BCUT2D eigenvalue weighted by Gasteiger charge is 2.37. The molecule has 2 atom stereocenters. The van der Waals surface area contributed by atoms with Gasteiger partial charge in [0.1, 0.15) is 5.69 Å². The maximum Gasteiger partial charge on any atom is 0.301 e. The van der Waals surface area contributed by atoms with Crippen LogP contribution in [0.5, 0.6) is 0 Å². The van der Waals surface area contributed by atoms with Gasteiger partial charge in [0.15, 0.2) is 0 Å². The zero-order valence-corrected chi connectivity index (χ0v) is 11.4. The number of pyridine rings is 1. The maximum atomic E-state index is 11.4. The third-order valence-corrected chi connectivity index (χ3v) is 3.86. The van der Waals surface area contributed by atoms with Gasteiger partial charge in [0.05, 0.1) is 15.8 Å². The van der Waals surface area contributed by atoms with Gasteiger partial charge in [-0.25, -0.2) is 0 Å². The van der Waals surface area contributed by atoms with Crippen LogP contribution in [-0.4, -0.2) is 15.9 Å². The van der Waals surface area contributed by atoms with Crippen molar-refractivity contribution in [1.82, 2.24) is 4.98 Å². The quantitative estimate of drug-likeness (QED) is 0.664. The van der Waals surface area contributed by atoms with E-state index in [1.54, 1.807) is 24.4 Å². The molecule has 0 aliphatic heterocycles. The van der Waals surface area contributed by atoms with Crippen molar-refractivity contribution in [2.24, 2.45) is 5.92 Å². The molecule has 1 N–H and O–H groups in total. The normalized spacial score (nSPS) is 20.9. The Hall–Kier alpha value is -2.17. The van der Waals surface area contributed by atoms with Crippen LogP contribution in [0.15, 0.2) is 30.5 Å². The van der Waals surface area contributed by atoms with Crippen molar-refractivity contribution in [3.05, 3.63) is 40.6 Å². The number of benzene rings is 1. The van der Waals surface area contributed by atoms with Gasteiger partial charge in [-0.05, 0) is 43.0 Å². The molecule has 1 heterocycles. The maximum absolute atomic E-state index is 11.4. The van der Waals surface area contributed by atoms with Gasteiger partial charge < -0.3 is 5.32 Å². The van der Waals surface area contributed by atoms with Crippen molar-refractivity contribution in [3.63, 3.8) is 0 Å². The first-order valence-corrected chi connectivity index (χ1v) is 6.99. The number of hydrogen-bond donors (Lipinski definition) is 1. The first-order chi connectivity index (χ1) is 9.70. The zero-order chi connectivity index (χ0) is 14.1. The molecule has 1 aromatic carbocycles. The van der Waals surface area contributed by atoms with Crippen LogP contribution < -0.4 is 5.32 Å². The number of rotatable bonds is 5. The standard InChI is InChI=1S/C15H17N3O2/c1-2-4-10-9-14(10)17-13-7-6-12-11(5-3-8-16-12)15(13)18(19)20/h3,5-8,10,14,17H,2,4,9H2,1H3. The summed E-state index contributed by atoms with van der Waals surface area (Å²) in [5, 5.41) is 15.3. The van der Waals surface area contributed by atoms with Gasteiger partial charge in [-0.2, -0.15) is 0 Å². The lowest BCUT2D eigenvalue weighted by atomic mass is 10.1. The molecule has 3 rings (SSSR count). The first kappa shape index (κ1) is 12.8. The molecule has 1 aromatic heterocycles.